The number of aromatic nitrogens is 1. The van der Waals surface area contributed by atoms with Crippen molar-refractivity contribution < 1.29 is 13.2 Å². The first-order valence-corrected chi connectivity index (χ1v) is 7.98. The van der Waals surface area contributed by atoms with Gasteiger partial charge in [0, 0.05) is 12.5 Å². The zero-order valence-electron chi connectivity index (χ0n) is 11.9. The van der Waals surface area contributed by atoms with Crippen LogP contribution in [-0.4, -0.2) is 12.0 Å². The minimum atomic E-state index is -4.35. The van der Waals surface area contributed by atoms with Gasteiger partial charge in [-0.25, -0.2) is 4.98 Å². The first-order chi connectivity index (χ1) is 9.45. The molecule has 0 atom stereocenters. The average Bonchev–Trinajstić information content (AvgIpc) is 2.83. The fourth-order valence-electron chi connectivity index (χ4n) is 2.86. The highest BCUT2D eigenvalue weighted by Gasteiger charge is 2.38. The Bertz CT molecular complexity index is 434. The fraction of sp³-hybridized carbons (Fsp3) is 0.786. The molecule has 1 fully saturated rings. The van der Waals surface area contributed by atoms with E-state index in [0.717, 1.165) is 31.6 Å². The summed E-state index contributed by atoms with van der Waals surface area (Å²) in [6.45, 7) is 2.41. The van der Waals surface area contributed by atoms with E-state index in [4.69, 9.17) is 0 Å². The van der Waals surface area contributed by atoms with Crippen molar-refractivity contribution in [3.05, 3.63) is 15.6 Å². The molecule has 0 aromatic carbocycles. The molecule has 0 saturated heterocycles. The lowest BCUT2D eigenvalue weighted by atomic mass is 9.81. The molecule has 0 bridgehead atoms. The summed E-state index contributed by atoms with van der Waals surface area (Å²) in [6, 6.07) is 0. The van der Waals surface area contributed by atoms with E-state index in [1.807, 2.05) is 0 Å². The average molecular weight is 306 g/mol. The summed E-state index contributed by atoms with van der Waals surface area (Å²) in [5.41, 5.74) is -0.690. The summed E-state index contributed by atoms with van der Waals surface area (Å²) >= 11 is 1.23. The Hall–Kier alpha value is -0.620. The summed E-state index contributed by atoms with van der Waals surface area (Å²) in [7, 11) is 1.66. The topological polar surface area (TPSA) is 24.9 Å². The predicted octanol–water partition coefficient (Wildman–Crippen LogP) is 4.57. The Balaban J connectivity index is 2.17. The highest BCUT2D eigenvalue weighted by atomic mass is 32.1. The molecule has 1 aliphatic carbocycles. The molecular formula is C14H21F3N2S. The van der Waals surface area contributed by atoms with Crippen molar-refractivity contribution in [3.63, 3.8) is 0 Å². The first-order valence-electron chi connectivity index (χ1n) is 7.17. The van der Waals surface area contributed by atoms with Crippen molar-refractivity contribution in [2.45, 2.75) is 57.7 Å². The quantitative estimate of drug-likeness (QED) is 0.881. The summed E-state index contributed by atoms with van der Waals surface area (Å²) < 4.78 is 39.0. The third kappa shape index (κ3) is 3.52. The second-order valence-corrected chi connectivity index (χ2v) is 6.59. The van der Waals surface area contributed by atoms with Crippen molar-refractivity contribution >= 4 is 11.3 Å². The Morgan fingerprint density at radius 2 is 1.90 bits per heavy atom. The molecule has 0 amide bonds. The Kier molecular flexibility index (Phi) is 5.07. The molecule has 0 unspecified atom stereocenters. The maximum Gasteiger partial charge on any atom is 0.434 e. The van der Waals surface area contributed by atoms with Gasteiger partial charge in [-0.15, -0.1) is 11.3 Å². The van der Waals surface area contributed by atoms with E-state index in [1.54, 1.807) is 7.05 Å². The van der Waals surface area contributed by atoms with E-state index in [0.29, 0.717) is 9.88 Å². The number of rotatable bonds is 4. The minimum Gasteiger partial charge on any atom is -0.315 e. The smallest absolute Gasteiger partial charge is 0.315 e. The van der Waals surface area contributed by atoms with Crippen molar-refractivity contribution in [2.75, 3.05) is 7.05 Å². The number of nitrogens with one attached hydrogen (secondary N) is 1. The van der Waals surface area contributed by atoms with Crippen LogP contribution in [0.5, 0.6) is 0 Å². The van der Waals surface area contributed by atoms with Gasteiger partial charge in [0.25, 0.3) is 0 Å². The lowest BCUT2D eigenvalue weighted by Crippen LogP contribution is -2.14. The molecule has 1 saturated carbocycles. The van der Waals surface area contributed by atoms with Crippen LogP contribution in [0.15, 0.2) is 0 Å². The van der Waals surface area contributed by atoms with E-state index in [9.17, 15) is 13.2 Å². The molecule has 1 aliphatic rings. The van der Waals surface area contributed by atoms with Crippen LogP contribution in [0.25, 0.3) is 0 Å². The molecule has 20 heavy (non-hydrogen) atoms. The molecule has 2 rings (SSSR count). The SMILES string of the molecule is CCC1CCC(c2nc(C(F)(F)F)c(CNC)s2)CC1. The zero-order chi connectivity index (χ0) is 14.8. The van der Waals surface area contributed by atoms with Gasteiger partial charge in [-0.1, -0.05) is 13.3 Å². The van der Waals surface area contributed by atoms with Crippen LogP contribution < -0.4 is 5.32 Å². The van der Waals surface area contributed by atoms with E-state index >= 15 is 0 Å². The van der Waals surface area contributed by atoms with Crippen LogP contribution in [0.4, 0.5) is 13.2 Å². The summed E-state index contributed by atoms with van der Waals surface area (Å²) in [5, 5.41) is 3.48. The number of thiazole rings is 1. The largest absolute Gasteiger partial charge is 0.434 e. The van der Waals surface area contributed by atoms with Gasteiger partial charge in [0.2, 0.25) is 0 Å². The van der Waals surface area contributed by atoms with E-state index in [1.165, 1.54) is 17.8 Å². The van der Waals surface area contributed by atoms with Gasteiger partial charge in [0.15, 0.2) is 5.69 Å². The molecule has 1 N–H and O–H groups in total. The zero-order valence-corrected chi connectivity index (χ0v) is 12.7. The molecule has 1 aromatic rings. The van der Waals surface area contributed by atoms with Crippen molar-refractivity contribution in [3.8, 4) is 0 Å². The first kappa shape index (κ1) is 15.8. The van der Waals surface area contributed by atoms with E-state index in [2.05, 4.69) is 17.2 Å². The number of hydrogen-bond acceptors (Lipinski definition) is 3. The summed E-state index contributed by atoms with van der Waals surface area (Å²) in [6.07, 6.45) is 1.00. The molecule has 1 aromatic heterocycles. The summed E-state index contributed by atoms with van der Waals surface area (Å²) in [4.78, 5) is 4.24. The maximum atomic E-state index is 13.0. The number of nitrogens with zero attached hydrogens (tertiary/aromatic N) is 1. The predicted molar refractivity (Wildman–Crippen MR) is 74.9 cm³/mol. The van der Waals surface area contributed by atoms with Crippen molar-refractivity contribution in [1.82, 2.24) is 10.3 Å². The van der Waals surface area contributed by atoms with Gasteiger partial charge in [-0.2, -0.15) is 13.2 Å². The van der Waals surface area contributed by atoms with Gasteiger partial charge in [-0.3, -0.25) is 0 Å². The van der Waals surface area contributed by atoms with Crippen LogP contribution >= 0.6 is 11.3 Å². The molecule has 0 aliphatic heterocycles. The standard InChI is InChI=1S/C14H21F3N2S/c1-3-9-4-6-10(7-5-9)13-19-12(14(15,16)17)11(20-13)8-18-2/h9-10,18H,3-8H2,1-2H3. The Morgan fingerprint density at radius 1 is 1.25 bits per heavy atom. The number of alkyl halides is 3. The maximum absolute atomic E-state index is 13.0. The number of hydrogen-bond donors (Lipinski definition) is 1. The highest BCUT2D eigenvalue weighted by Crippen LogP contribution is 2.42. The van der Waals surface area contributed by atoms with Crippen molar-refractivity contribution in [1.29, 1.82) is 0 Å². The fourth-order valence-corrected chi connectivity index (χ4v) is 4.13. The Labute approximate surface area is 121 Å². The van der Waals surface area contributed by atoms with Crippen LogP contribution in [0.1, 0.15) is 60.5 Å². The normalized spacial score (nSPS) is 24.1. The molecular weight excluding hydrogens is 285 g/mol. The minimum absolute atomic E-state index is 0.217. The second-order valence-electron chi connectivity index (χ2n) is 5.48. The molecule has 2 nitrogen and oxygen atoms in total. The second kappa shape index (κ2) is 6.43. The molecule has 114 valence electrons. The third-order valence-electron chi connectivity index (χ3n) is 4.09. The van der Waals surface area contributed by atoms with Crippen LogP contribution in [-0.2, 0) is 12.7 Å². The van der Waals surface area contributed by atoms with Gasteiger partial charge < -0.3 is 5.32 Å². The van der Waals surface area contributed by atoms with Gasteiger partial charge in [0.05, 0.1) is 9.88 Å². The monoisotopic (exact) mass is 306 g/mol. The highest BCUT2D eigenvalue weighted by molar-refractivity contribution is 7.11. The lowest BCUT2D eigenvalue weighted by Gasteiger charge is -2.26. The third-order valence-corrected chi connectivity index (χ3v) is 5.31. The molecule has 6 heteroatoms. The van der Waals surface area contributed by atoms with Gasteiger partial charge >= 0.3 is 6.18 Å². The van der Waals surface area contributed by atoms with Gasteiger partial charge in [-0.05, 0) is 38.6 Å². The molecule has 1 heterocycles. The van der Waals surface area contributed by atoms with Crippen molar-refractivity contribution in [2.24, 2.45) is 5.92 Å². The van der Waals surface area contributed by atoms with Crippen LogP contribution in [0.2, 0.25) is 0 Å². The van der Waals surface area contributed by atoms with E-state index in [-0.39, 0.29) is 12.5 Å². The van der Waals surface area contributed by atoms with Crippen LogP contribution in [0.3, 0.4) is 0 Å². The summed E-state index contributed by atoms with van der Waals surface area (Å²) in [5.74, 6) is 0.958. The molecule has 0 radical (unpaired) electrons. The van der Waals surface area contributed by atoms with Crippen LogP contribution in [0, 0.1) is 5.92 Å². The molecule has 0 spiro atoms. The number of halogens is 3. The lowest BCUT2D eigenvalue weighted by molar-refractivity contribution is -0.141. The van der Waals surface area contributed by atoms with Gasteiger partial charge in [0.1, 0.15) is 0 Å². The van der Waals surface area contributed by atoms with E-state index < -0.39 is 11.9 Å². The Morgan fingerprint density at radius 3 is 2.40 bits per heavy atom.